The molecule has 4 heteroatoms. The molecule has 0 bridgehead atoms. The summed E-state index contributed by atoms with van der Waals surface area (Å²) in [5.74, 6) is 0.921. The second-order valence-electron chi connectivity index (χ2n) is 8.28. The summed E-state index contributed by atoms with van der Waals surface area (Å²) in [6.45, 7) is 2.53. The van der Waals surface area contributed by atoms with Crippen molar-refractivity contribution in [3.8, 4) is 5.75 Å². The predicted octanol–water partition coefficient (Wildman–Crippen LogP) is 4.98. The highest BCUT2D eigenvalue weighted by Gasteiger charge is 2.20. The Kier molecular flexibility index (Phi) is 6.34. The quantitative estimate of drug-likeness (QED) is 0.559. The topological polar surface area (TPSA) is 32.8 Å². The Hall–Kier alpha value is -2.85. The summed E-state index contributed by atoms with van der Waals surface area (Å²) in [5, 5.41) is 2.14. The first-order valence-corrected chi connectivity index (χ1v) is 10.8. The number of nitrogens with zero attached hydrogens (tertiary/aromatic N) is 2. The summed E-state index contributed by atoms with van der Waals surface area (Å²) in [6.07, 6.45) is 3.63. The summed E-state index contributed by atoms with van der Waals surface area (Å²) in [5.41, 5.74) is 1.83. The van der Waals surface area contributed by atoms with Crippen molar-refractivity contribution < 1.29 is 9.53 Å². The lowest BCUT2D eigenvalue weighted by molar-refractivity contribution is 0.0785. The van der Waals surface area contributed by atoms with Crippen LogP contribution < -0.4 is 4.74 Å². The number of carbonyl (C=O) groups excluding carboxylic acids is 1. The van der Waals surface area contributed by atoms with Gasteiger partial charge in [-0.1, -0.05) is 42.5 Å². The molecule has 0 aliphatic carbocycles. The molecule has 156 valence electrons. The minimum absolute atomic E-state index is 0.0294. The minimum atomic E-state index is 0.0294. The Morgan fingerprint density at radius 1 is 1.07 bits per heavy atom. The highest BCUT2D eigenvalue weighted by atomic mass is 16.5. The van der Waals surface area contributed by atoms with Gasteiger partial charge in [0, 0.05) is 25.2 Å². The van der Waals surface area contributed by atoms with Crippen LogP contribution in [-0.2, 0) is 6.54 Å². The highest BCUT2D eigenvalue weighted by molar-refractivity contribution is 5.98. The van der Waals surface area contributed by atoms with Crippen LogP contribution in [-0.4, -0.2) is 49.0 Å². The van der Waals surface area contributed by atoms with Crippen molar-refractivity contribution in [2.24, 2.45) is 0 Å². The Morgan fingerprint density at radius 2 is 1.83 bits per heavy atom. The van der Waals surface area contributed by atoms with E-state index in [1.54, 1.807) is 4.90 Å². The van der Waals surface area contributed by atoms with Gasteiger partial charge in [-0.2, -0.15) is 0 Å². The second kappa shape index (κ2) is 9.31. The molecule has 4 nitrogen and oxygen atoms in total. The molecule has 3 aromatic carbocycles. The molecule has 1 amide bonds. The molecule has 0 spiro atoms. The average Bonchev–Trinajstić information content (AvgIpc) is 3.18. The van der Waals surface area contributed by atoms with Gasteiger partial charge in [0.1, 0.15) is 5.75 Å². The van der Waals surface area contributed by atoms with Gasteiger partial charge in [0.2, 0.25) is 0 Å². The Balaban J connectivity index is 1.39. The molecule has 1 heterocycles. The zero-order chi connectivity index (χ0) is 20.9. The van der Waals surface area contributed by atoms with Crippen LogP contribution >= 0.6 is 0 Å². The second-order valence-corrected chi connectivity index (χ2v) is 8.28. The van der Waals surface area contributed by atoms with Gasteiger partial charge in [0.05, 0.1) is 6.61 Å². The molecule has 0 aromatic heterocycles. The number of likely N-dealkylation sites (tertiary alicyclic amines) is 1. The van der Waals surface area contributed by atoms with Crippen molar-refractivity contribution in [3.05, 3.63) is 77.9 Å². The molecule has 1 aliphatic heterocycles. The van der Waals surface area contributed by atoms with Crippen LogP contribution in [0.1, 0.15) is 35.2 Å². The summed E-state index contributed by atoms with van der Waals surface area (Å²) in [4.78, 5) is 17.0. The first-order valence-electron chi connectivity index (χ1n) is 10.8. The van der Waals surface area contributed by atoms with Crippen LogP contribution in [0.3, 0.4) is 0 Å². The zero-order valence-electron chi connectivity index (χ0n) is 17.9. The van der Waals surface area contributed by atoms with E-state index in [2.05, 4.69) is 18.0 Å². The fourth-order valence-electron chi connectivity index (χ4n) is 4.25. The SMILES string of the molecule is CN(Cc1ccccc1)C(=O)c1ccc2cc(OCCC3CCCN3C)ccc2c1. The third kappa shape index (κ3) is 4.82. The van der Waals surface area contributed by atoms with Gasteiger partial charge in [-0.3, -0.25) is 4.79 Å². The molecule has 3 aromatic rings. The maximum absolute atomic E-state index is 12.9. The standard InChI is InChI=1S/C26H30N2O2/c1-27-15-6-9-24(27)14-16-30-25-13-12-21-17-23(11-10-22(21)18-25)26(29)28(2)19-20-7-4-3-5-8-20/h3-5,7-8,10-13,17-18,24H,6,9,14-16,19H2,1-2H3. The van der Waals surface area contributed by atoms with E-state index in [1.165, 1.54) is 19.4 Å². The van der Waals surface area contributed by atoms with Crippen LogP contribution in [0.2, 0.25) is 0 Å². The number of carbonyl (C=O) groups is 1. The number of hydrogen-bond donors (Lipinski definition) is 0. The summed E-state index contributed by atoms with van der Waals surface area (Å²) in [7, 11) is 4.04. The highest BCUT2D eigenvalue weighted by Crippen LogP contribution is 2.24. The molecule has 0 saturated carbocycles. The maximum Gasteiger partial charge on any atom is 0.253 e. The predicted molar refractivity (Wildman–Crippen MR) is 122 cm³/mol. The molecule has 4 rings (SSSR count). The van der Waals surface area contributed by atoms with Crippen LogP contribution in [0.15, 0.2) is 66.7 Å². The fraction of sp³-hybridized carbons (Fsp3) is 0.346. The van der Waals surface area contributed by atoms with E-state index in [9.17, 15) is 4.79 Å². The summed E-state index contributed by atoms with van der Waals surface area (Å²) >= 11 is 0. The molecular weight excluding hydrogens is 372 g/mol. The van der Waals surface area contributed by atoms with Crippen LogP contribution in [0.25, 0.3) is 10.8 Å². The van der Waals surface area contributed by atoms with E-state index in [-0.39, 0.29) is 5.91 Å². The third-order valence-corrected chi connectivity index (χ3v) is 6.06. The first-order chi connectivity index (χ1) is 14.6. The number of hydrogen-bond acceptors (Lipinski definition) is 3. The van der Waals surface area contributed by atoms with E-state index < -0.39 is 0 Å². The van der Waals surface area contributed by atoms with Gasteiger partial charge >= 0.3 is 0 Å². The Labute approximate surface area is 179 Å². The number of rotatable bonds is 7. The number of benzene rings is 3. The van der Waals surface area contributed by atoms with Gasteiger partial charge in [-0.25, -0.2) is 0 Å². The van der Waals surface area contributed by atoms with E-state index in [0.29, 0.717) is 18.2 Å². The molecule has 0 N–H and O–H groups in total. The number of ether oxygens (including phenoxy) is 1. The van der Waals surface area contributed by atoms with Crippen molar-refractivity contribution in [3.63, 3.8) is 0 Å². The van der Waals surface area contributed by atoms with Gasteiger partial charge in [0.25, 0.3) is 5.91 Å². The van der Waals surface area contributed by atoms with E-state index in [4.69, 9.17) is 4.74 Å². The normalized spacial score (nSPS) is 16.7. The van der Waals surface area contributed by atoms with Gasteiger partial charge in [0.15, 0.2) is 0 Å². The monoisotopic (exact) mass is 402 g/mol. The van der Waals surface area contributed by atoms with Gasteiger partial charge < -0.3 is 14.5 Å². The van der Waals surface area contributed by atoms with E-state index in [1.807, 2.05) is 67.7 Å². The summed E-state index contributed by atoms with van der Waals surface area (Å²) in [6, 6.07) is 22.7. The van der Waals surface area contributed by atoms with Gasteiger partial charge in [-0.15, -0.1) is 0 Å². The van der Waals surface area contributed by atoms with Gasteiger partial charge in [-0.05, 0) is 73.5 Å². The fourth-order valence-corrected chi connectivity index (χ4v) is 4.25. The number of amides is 1. The van der Waals surface area contributed by atoms with Crippen molar-refractivity contribution in [1.82, 2.24) is 9.80 Å². The zero-order valence-corrected chi connectivity index (χ0v) is 17.9. The molecule has 30 heavy (non-hydrogen) atoms. The van der Waals surface area contributed by atoms with Crippen molar-refractivity contribution in [1.29, 1.82) is 0 Å². The molecule has 1 atom stereocenters. The van der Waals surface area contributed by atoms with Crippen molar-refractivity contribution in [2.75, 3.05) is 27.2 Å². The van der Waals surface area contributed by atoms with Crippen LogP contribution in [0, 0.1) is 0 Å². The molecule has 1 unspecified atom stereocenters. The minimum Gasteiger partial charge on any atom is -0.494 e. The van der Waals surface area contributed by atoms with E-state index in [0.717, 1.165) is 35.1 Å². The number of fused-ring (bicyclic) bond motifs is 1. The van der Waals surface area contributed by atoms with Crippen LogP contribution in [0.5, 0.6) is 5.75 Å². The Morgan fingerprint density at radius 3 is 2.60 bits per heavy atom. The molecule has 1 fully saturated rings. The van der Waals surface area contributed by atoms with Crippen LogP contribution in [0.4, 0.5) is 0 Å². The lowest BCUT2D eigenvalue weighted by atomic mass is 10.1. The average molecular weight is 403 g/mol. The third-order valence-electron chi connectivity index (χ3n) is 6.06. The Bertz CT molecular complexity index is 1000. The largest absolute Gasteiger partial charge is 0.494 e. The maximum atomic E-state index is 12.9. The molecule has 1 aliphatic rings. The lowest BCUT2D eigenvalue weighted by Crippen LogP contribution is -2.26. The smallest absolute Gasteiger partial charge is 0.253 e. The van der Waals surface area contributed by atoms with Crippen molar-refractivity contribution in [2.45, 2.75) is 31.8 Å². The molecule has 1 saturated heterocycles. The summed E-state index contributed by atoms with van der Waals surface area (Å²) < 4.78 is 6.00. The molecule has 0 radical (unpaired) electrons. The first kappa shape index (κ1) is 20.4. The van der Waals surface area contributed by atoms with E-state index >= 15 is 0 Å². The van der Waals surface area contributed by atoms with Crippen molar-refractivity contribution >= 4 is 16.7 Å². The molecular formula is C26H30N2O2. The lowest BCUT2D eigenvalue weighted by Gasteiger charge is -2.19.